The van der Waals surface area contributed by atoms with E-state index in [0.717, 1.165) is 24.3 Å². The van der Waals surface area contributed by atoms with Crippen molar-refractivity contribution in [1.82, 2.24) is 4.98 Å². The predicted molar refractivity (Wildman–Crippen MR) is 133 cm³/mol. The Kier molecular flexibility index (Phi) is 10.6. The van der Waals surface area contributed by atoms with Crippen molar-refractivity contribution >= 4 is 29.2 Å². The molecule has 0 saturated heterocycles. The van der Waals surface area contributed by atoms with E-state index in [0.29, 0.717) is 17.7 Å². The summed E-state index contributed by atoms with van der Waals surface area (Å²) in [6.07, 6.45) is 5.23. The number of aliphatic hydroxyl groups is 3. The van der Waals surface area contributed by atoms with Gasteiger partial charge in [0, 0.05) is 17.7 Å². The van der Waals surface area contributed by atoms with Gasteiger partial charge in [-0.15, -0.1) is 11.3 Å². The van der Waals surface area contributed by atoms with Crippen LogP contribution < -0.4 is 0 Å². The maximum atomic E-state index is 13.1. The van der Waals surface area contributed by atoms with Gasteiger partial charge in [-0.3, -0.25) is 9.59 Å². The minimum atomic E-state index is -1.27. The van der Waals surface area contributed by atoms with E-state index in [1.807, 2.05) is 31.4 Å². The molecule has 0 fully saturated rings. The fourth-order valence-electron chi connectivity index (χ4n) is 4.24. The maximum absolute atomic E-state index is 13.1. The van der Waals surface area contributed by atoms with E-state index in [-0.39, 0.29) is 24.7 Å². The first-order valence-electron chi connectivity index (χ1n) is 12.0. The van der Waals surface area contributed by atoms with Crippen molar-refractivity contribution in [2.45, 2.75) is 85.0 Å². The molecule has 3 N–H and O–H groups in total. The normalized spacial score (nSPS) is 31.2. The average Bonchev–Trinajstić information content (AvgIpc) is 3.20. The van der Waals surface area contributed by atoms with Crippen molar-refractivity contribution in [3.63, 3.8) is 0 Å². The molecule has 1 aliphatic heterocycles. The van der Waals surface area contributed by atoms with Gasteiger partial charge in [0.1, 0.15) is 11.9 Å². The Hall–Kier alpha value is -1.87. The van der Waals surface area contributed by atoms with Gasteiger partial charge in [-0.25, -0.2) is 4.98 Å². The summed E-state index contributed by atoms with van der Waals surface area (Å²) in [7, 11) is 0. The van der Waals surface area contributed by atoms with E-state index in [2.05, 4.69) is 4.98 Å². The minimum absolute atomic E-state index is 0.0728. The number of hydrogen-bond donors (Lipinski definition) is 3. The molecule has 34 heavy (non-hydrogen) atoms. The van der Waals surface area contributed by atoms with Gasteiger partial charge < -0.3 is 20.1 Å². The third-order valence-electron chi connectivity index (χ3n) is 6.72. The van der Waals surface area contributed by atoms with Crippen molar-refractivity contribution in [3.8, 4) is 0 Å². The van der Waals surface area contributed by atoms with Gasteiger partial charge >= 0.3 is 5.97 Å². The molecule has 0 radical (unpaired) electrons. The summed E-state index contributed by atoms with van der Waals surface area (Å²) in [6.45, 7) is 8.37. The van der Waals surface area contributed by atoms with Crippen LogP contribution in [0.1, 0.15) is 70.5 Å². The Morgan fingerprint density at radius 2 is 1.97 bits per heavy atom. The van der Waals surface area contributed by atoms with E-state index in [9.17, 15) is 24.9 Å². The minimum Gasteiger partial charge on any atom is -0.457 e. The second-order valence-electron chi connectivity index (χ2n) is 9.85. The molecule has 1 unspecified atom stereocenters. The second-order valence-corrected chi connectivity index (χ2v) is 10.9. The molecule has 0 amide bonds. The summed E-state index contributed by atoms with van der Waals surface area (Å²) in [5.41, 5.74) is -0.0361. The number of ketones is 1. The number of cyclic esters (lactones) is 1. The van der Waals surface area contributed by atoms with Crippen LogP contribution in [0.15, 0.2) is 23.1 Å². The van der Waals surface area contributed by atoms with E-state index in [4.69, 9.17) is 4.74 Å². The Bertz CT molecular complexity index is 890. The molecule has 2 rings (SSSR count). The molecule has 0 saturated carbocycles. The van der Waals surface area contributed by atoms with Crippen LogP contribution in [0.4, 0.5) is 0 Å². The first kappa shape index (κ1) is 28.4. The summed E-state index contributed by atoms with van der Waals surface area (Å²) >= 11 is 1.49. The first-order chi connectivity index (χ1) is 16.0. The zero-order valence-corrected chi connectivity index (χ0v) is 21.7. The largest absolute Gasteiger partial charge is 0.457 e. The molecule has 0 bridgehead atoms. The molecule has 2 heterocycles. The first-order valence-corrected chi connectivity index (χ1v) is 12.8. The summed E-state index contributed by atoms with van der Waals surface area (Å²) in [5, 5.41) is 34.2. The van der Waals surface area contributed by atoms with E-state index in [1.165, 1.54) is 11.3 Å². The van der Waals surface area contributed by atoms with Gasteiger partial charge in [0.25, 0.3) is 0 Å². The molecule has 1 aromatic rings. The molecule has 0 spiro atoms. The highest BCUT2D eigenvalue weighted by Crippen LogP contribution is 2.32. The van der Waals surface area contributed by atoms with Crippen molar-refractivity contribution in [1.29, 1.82) is 0 Å². The summed E-state index contributed by atoms with van der Waals surface area (Å²) < 4.78 is 5.68. The number of aromatic nitrogens is 1. The molecule has 1 aromatic heterocycles. The van der Waals surface area contributed by atoms with Crippen LogP contribution in [0.3, 0.4) is 0 Å². The van der Waals surface area contributed by atoms with Crippen LogP contribution in [0.2, 0.25) is 0 Å². The monoisotopic (exact) mass is 493 g/mol. The Morgan fingerprint density at radius 1 is 1.26 bits per heavy atom. The van der Waals surface area contributed by atoms with Crippen LogP contribution in [0.5, 0.6) is 0 Å². The third kappa shape index (κ3) is 7.57. The van der Waals surface area contributed by atoms with Crippen molar-refractivity contribution in [3.05, 3.63) is 33.8 Å². The zero-order chi connectivity index (χ0) is 25.5. The lowest BCUT2D eigenvalue weighted by molar-refractivity contribution is -0.154. The number of thiazole rings is 1. The second kappa shape index (κ2) is 12.7. The molecule has 0 aromatic carbocycles. The highest BCUT2D eigenvalue weighted by molar-refractivity contribution is 7.09. The van der Waals surface area contributed by atoms with Crippen LogP contribution in [0.25, 0.3) is 6.08 Å². The molecule has 190 valence electrons. The number of carbonyl (C=O) groups is 2. The number of aliphatic hydroxyl groups excluding tert-OH is 3. The zero-order valence-electron chi connectivity index (χ0n) is 20.9. The average molecular weight is 494 g/mol. The number of ether oxygens (including phenoxy) is 1. The highest BCUT2D eigenvalue weighted by Gasteiger charge is 2.42. The molecule has 0 aliphatic carbocycles. The van der Waals surface area contributed by atoms with Crippen molar-refractivity contribution in [2.75, 3.05) is 6.61 Å². The number of hydrogen-bond acceptors (Lipinski definition) is 8. The fourth-order valence-corrected chi connectivity index (χ4v) is 4.81. The van der Waals surface area contributed by atoms with Gasteiger partial charge in [-0.1, -0.05) is 39.8 Å². The van der Waals surface area contributed by atoms with E-state index < -0.39 is 35.6 Å². The van der Waals surface area contributed by atoms with E-state index >= 15 is 0 Å². The standard InChI is InChI=1S/C26H39NO6S/c1-16-10-8-6-7-9-11-21(19(14-28)12-20-15-34-18(3)27-20)33-23(30)13-22(29)26(4,5)25(32)17(2)24(16)31/h7,9,12,15-17,21-22,24,28-29,31H,6,8,10-11,13-14H2,1-5H3/b9-7-,19-12+/t16?,17-,21+,22+,24+/m1/s1. The lowest BCUT2D eigenvalue weighted by atomic mass is 9.73. The molecule has 5 atom stereocenters. The number of allylic oxidation sites excluding steroid dienone is 1. The van der Waals surface area contributed by atoms with Crippen LogP contribution in [-0.2, 0) is 14.3 Å². The summed E-state index contributed by atoms with van der Waals surface area (Å²) in [4.78, 5) is 30.3. The van der Waals surface area contributed by atoms with Gasteiger partial charge in [-0.2, -0.15) is 0 Å². The molecule has 1 aliphatic rings. The van der Waals surface area contributed by atoms with Crippen LogP contribution in [0, 0.1) is 24.2 Å². The Labute approximate surface area is 206 Å². The maximum Gasteiger partial charge on any atom is 0.309 e. The molecular formula is C26H39NO6S. The van der Waals surface area contributed by atoms with Crippen molar-refractivity contribution in [2.24, 2.45) is 17.3 Å². The summed E-state index contributed by atoms with van der Waals surface area (Å²) in [6, 6.07) is 0. The Morgan fingerprint density at radius 3 is 2.59 bits per heavy atom. The number of rotatable bonds is 3. The third-order valence-corrected chi connectivity index (χ3v) is 7.52. The quantitative estimate of drug-likeness (QED) is 0.432. The fraction of sp³-hybridized carbons (Fsp3) is 0.654. The van der Waals surface area contributed by atoms with Gasteiger partial charge in [0.05, 0.1) is 41.4 Å². The number of aryl methyl sites for hydroxylation is 1. The van der Waals surface area contributed by atoms with Gasteiger partial charge in [0.2, 0.25) is 0 Å². The van der Waals surface area contributed by atoms with Crippen LogP contribution in [-0.4, -0.2) is 57.0 Å². The Balaban J connectivity index is 2.32. The highest BCUT2D eigenvalue weighted by atomic mass is 32.1. The number of esters is 1. The smallest absolute Gasteiger partial charge is 0.309 e. The number of Topliss-reactive ketones (excluding diaryl/α,β-unsaturated/α-hetero) is 1. The SMILES string of the molecule is Cc1nc(/C=C(\CO)[C@@H]2C/C=C\CCCC(C)[C@H](O)[C@@H](C)C(=O)C(C)(C)[C@@H](O)CC(=O)O2)cs1. The molecule has 7 nitrogen and oxygen atoms in total. The van der Waals surface area contributed by atoms with Gasteiger partial charge in [-0.05, 0) is 43.8 Å². The van der Waals surface area contributed by atoms with Gasteiger partial charge in [0.15, 0.2) is 0 Å². The van der Waals surface area contributed by atoms with Crippen molar-refractivity contribution < 1.29 is 29.6 Å². The van der Waals surface area contributed by atoms with Crippen LogP contribution >= 0.6 is 11.3 Å². The summed E-state index contributed by atoms with van der Waals surface area (Å²) in [5.74, 6) is -1.69. The molecular weight excluding hydrogens is 454 g/mol. The number of carbonyl (C=O) groups excluding carboxylic acids is 2. The lowest BCUT2D eigenvalue weighted by Crippen LogP contribution is -2.45. The predicted octanol–water partition coefficient (Wildman–Crippen LogP) is 3.85. The van der Waals surface area contributed by atoms with E-state index in [1.54, 1.807) is 26.8 Å². The lowest BCUT2D eigenvalue weighted by Gasteiger charge is -2.34. The molecule has 8 heteroatoms. The number of nitrogens with zero attached hydrogens (tertiary/aromatic N) is 1. The topological polar surface area (TPSA) is 117 Å².